The maximum absolute atomic E-state index is 12.4. The van der Waals surface area contributed by atoms with Crippen molar-refractivity contribution < 1.29 is 14.3 Å². The van der Waals surface area contributed by atoms with E-state index in [0.29, 0.717) is 28.4 Å². The number of hydrogen-bond donors (Lipinski definition) is 1. The molecule has 8 nitrogen and oxygen atoms in total. The standard InChI is InChI=1S/C18H18N4O4/c1-18(2)25-13-7-6-11(9-14(13)26-18)20-15(23)10-22-12-5-4-8-19-16(12)21(3)17(22)24/h4-9H,10H2,1-3H3,(H,20,23). The second kappa shape index (κ2) is 5.62. The van der Waals surface area contributed by atoms with E-state index in [4.69, 9.17) is 9.47 Å². The highest BCUT2D eigenvalue weighted by molar-refractivity contribution is 5.91. The number of benzene rings is 1. The van der Waals surface area contributed by atoms with Crippen molar-refractivity contribution in [3.8, 4) is 11.5 Å². The van der Waals surface area contributed by atoms with Gasteiger partial charge in [0, 0.05) is 38.8 Å². The lowest BCUT2D eigenvalue weighted by molar-refractivity contribution is -0.116. The Balaban J connectivity index is 1.56. The monoisotopic (exact) mass is 354 g/mol. The molecule has 0 bridgehead atoms. The molecule has 26 heavy (non-hydrogen) atoms. The molecule has 0 radical (unpaired) electrons. The number of rotatable bonds is 3. The Bertz CT molecular complexity index is 1080. The van der Waals surface area contributed by atoms with Crippen LogP contribution in [0.5, 0.6) is 11.5 Å². The number of nitrogens with one attached hydrogen (secondary N) is 1. The zero-order valence-corrected chi connectivity index (χ0v) is 14.6. The number of aromatic nitrogens is 3. The van der Waals surface area contributed by atoms with Crippen molar-refractivity contribution in [1.82, 2.24) is 14.1 Å². The van der Waals surface area contributed by atoms with E-state index in [1.165, 1.54) is 9.13 Å². The zero-order chi connectivity index (χ0) is 18.5. The fraction of sp³-hybridized carbons (Fsp3) is 0.278. The third-order valence-electron chi connectivity index (χ3n) is 4.13. The van der Waals surface area contributed by atoms with E-state index < -0.39 is 5.79 Å². The quantitative estimate of drug-likeness (QED) is 0.776. The summed E-state index contributed by atoms with van der Waals surface area (Å²) in [5, 5.41) is 2.78. The predicted octanol–water partition coefficient (Wildman–Crippen LogP) is 1.88. The van der Waals surface area contributed by atoms with Gasteiger partial charge in [-0.25, -0.2) is 9.78 Å². The highest BCUT2D eigenvalue weighted by atomic mass is 16.7. The van der Waals surface area contributed by atoms with Crippen LogP contribution in [0.4, 0.5) is 5.69 Å². The number of hydrogen-bond acceptors (Lipinski definition) is 5. The topological polar surface area (TPSA) is 87.4 Å². The number of fused-ring (bicyclic) bond motifs is 2. The van der Waals surface area contributed by atoms with Crippen molar-refractivity contribution in [3.05, 3.63) is 47.0 Å². The number of amides is 1. The average Bonchev–Trinajstić information content (AvgIpc) is 3.02. The molecule has 4 rings (SSSR count). The Labute approximate surface area is 149 Å². The van der Waals surface area contributed by atoms with Crippen molar-refractivity contribution in [2.45, 2.75) is 26.2 Å². The van der Waals surface area contributed by atoms with Gasteiger partial charge >= 0.3 is 5.69 Å². The number of aryl methyl sites for hydroxylation is 1. The largest absolute Gasteiger partial charge is 0.449 e. The van der Waals surface area contributed by atoms with Gasteiger partial charge in [-0.1, -0.05) is 0 Å². The number of nitrogens with zero attached hydrogens (tertiary/aromatic N) is 3. The average molecular weight is 354 g/mol. The molecule has 3 aromatic rings. The van der Waals surface area contributed by atoms with Crippen LogP contribution in [0.2, 0.25) is 0 Å². The van der Waals surface area contributed by atoms with Crippen LogP contribution in [-0.2, 0) is 18.4 Å². The minimum absolute atomic E-state index is 0.109. The molecule has 0 atom stereocenters. The Morgan fingerprint density at radius 1 is 1.23 bits per heavy atom. The van der Waals surface area contributed by atoms with Gasteiger partial charge in [0.25, 0.3) is 0 Å². The smallest absolute Gasteiger partial charge is 0.330 e. The summed E-state index contributed by atoms with van der Waals surface area (Å²) in [5.41, 5.74) is 1.43. The van der Waals surface area contributed by atoms with Gasteiger partial charge in [-0.2, -0.15) is 0 Å². The third-order valence-corrected chi connectivity index (χ3v) is 4.13. The minimum atomic E-state index is -0.728. The summed E-state index contributed by atoms with van der Waals surface area (Å²) in [4.78, 5) is 29.0. The maximum atomic E-state index is 12.4. The van der Waals surface area contributed by atoms with E-state index in [9.17, 15) is 9.59 Å². The molecule has 1 aliphatic rings. The Hall–Kier alpha value is -3.29. The summed E-state index contributed by atoms with van der Waals surface area (Å²) >= 11 is 0. The molecule has 1 amide bonds. The number of carbonyl (C=O) groups is 1. The van der Waals surface area contributed by atoms with Gasteiger partial charge in [-0.3, -0.25) is 13.9 Å². The Morgan fingerprint density at radius 2 is 2.00 bits per heavy atom. The minimum Gasteiger partial charge on any atom is -0.449 e. The van der Waals surface area contributed by atoms with E-state index in [2.05, 4.69) is 10.3 Å². The van der Waals surface area contributed by atoms with Crippen LogP contribution in [0.25, 0.3) is 11.2 Å². The lowest BCUT2D eigenvalue weighted by atomic mass is 10.3. The van der Waals surface area contributed by atoms with Crippen LogP contribution in [0.3, 0.4) is 0 Å². The predicted molar refractivity (Wildman–Crippen MR) is 95.4 cm³/mol. The second-order valence-corrected chi connectivity index (χ2v) is 6.59. The number of pyridine rings is 1. The molecule has 1 aromatic carbocycles. The highest BCUT2D eigenvalue weighted by Crippen LogP contribution is 2.40. The molecule has 0 spiro atoms. The second-order valence-electron chi connectivity index (χ2n) is 6.59. The lowest BCUT2D eigenvalue weighted by Gasteiger charge is -2.16. The summed E-state index contributed by atoms with van der Waals surface area (Å²) in [7, 11) is 1.63. The molecule has 0 saturated heterocycles. The third kappa shape index (κ3) is 2.69. The van der Waals surface area contributed by atoms with E-state index in [1.807, 2.05) is 13.8 Å². The molecule has 0 fully saturated rings. The van der Waals surface area contributed by atoms with Gasteiger partial charge < -0.3 is 14.8 Å². The number of carbonyl (C=O) groups excluding carboxylic acids is 1. The first-order valence-corrected chi connectivity index (χ1v) is 8.16. The highest BCUT2D eigenvalue weighted by Gasteiger charge is 2.31. The Morgan fingerprint density at radius 3 is 2.81 bits per heavy atom. The van der Waals surface area contributed by atoms with E-state index in [1.54, 1.807) is 43.6 Å². The van der Waals surface area contributed by atoms with Crippen LogP contribution in [0.15, 0.2) is 41.3 Å². The lowest BCUT2D eigenvalue weighted by Crippen LogP contribution is -2.29. The molecular formula is C18H18N4O4. The van der Waals surface area contributed by atoms with Gasteiger partial charge in [0.15, 0.2) is 17.1 Å². The van der Waals surface area contributed by atoms with Gasteiger partial charge in [0.2, 0.25) is 11.7 Å². The number of imidazole rings is 1. The molecule has 3 heterocycles. The van der Waals surface area contributed by atoms with Crippen LogP contribution in [0, 0.1) is 0 Å². The van der Waals surface area contributed by atoms with Crippen LogP contribution >= 0.6 is 0 Å². The van der Waals surface area contributed by atoms with Gasteiger partial charge in [-0.15, -0.1) is 0 Å². The summed E-state index contributed by atoms with van der Waals surface area (Å²) in [5.74, 6) is 0.152. The number of ether oxygens (including phenoxy) is 2. The summed E-state index contributed by atoms with van der Waals surface area (Å²) in [6.45, 7) is 3.51. The molecule has 1 aliphatic heterocycles. The fourth-order valence-electron chi connectivity index (χ4n) is 3.03. The first kappa shape index (κ1) is 16.2. The summed E-state index contributed by atoms with van der Waals surface area (Å²) in [6.07, 6.45) is 1.61. The number of anilines is 1. The summed E-state index contributed by atoms with van der Waals surface area (Å²) in [6, 6.07) is 8.67. The molecule has 0 aliphatic carbocycles. The normalized spacial score (nSPS) is 14.6. The van der Waals surface area contributed by atoms with Crippen molar-refractivity contribution >= 4 is 22.8 Å². The molecule has 0 saturated carbocycles. The zero-order valence-electron chi connectivity index (χ0n) is 14.6. The molecule has 134 valence electrons. The van der Waals surface area contributed by atoms with Crippen LogP contribution < -0.4 is 20.5 Å². The van der Waals surface area contributed by atoms with Crippen LogP contribution in [-0.4, -0.2) is 25.8 Å². The van der Waals surface area contributed by atoms with Crippen molar-refractivity contribution in [3.63, 3.8) is 0 Å². The first-order valence-electron chi connectivity index (χ1n) is 8.16. The van der Waals surface area contributed by atoms with E-state index in [0.717, 1.165) is 0 Å². The van der Waals surface area contributed by atoms with E-state index >= 15 is 0 Å². The van der Waals surface area contributed by atoms with Crippen molar-refractivity contribution in [2.75, 3.05) is 5.32 Å². The van der Waals surface area contributed by atoms with Crippen molar-refractivity contribution in [1.29, 1.82) is 0 Å². The molecule has 1 N–H and O–H groups in total. The van der Waals surface area contributed by atoms with Gasteiger partial charge in [0.1, 0.15) is 6.54 Å². The molecule has 2 aromatic heterocycles. The van der Waals surface area contributed by atoms with Gasteiger partial charge in [0.05, 0.1) is 5.52 Å². The van der Waals surface area contributed by atoms with Crippen molar-refractivity contribution in [2.24, 2.45) is 7.05 Å². The van der Waals surface area contributed by atoms with Crippen LogP contribution in [0.1, 0.15) is 13.8 Å². The first-order chi connectivity index (χ1) is 12.3. The fourth-order valence-corrected chi connectivity index (χ4v) is 3.03. The SMILES string of the molecule is Cn1c(=O)n(CC(=O)Nc2ccc3c(c2)OC(C)(C)O3)c2cccnc21. The molecule has 8 heteroatoms. The Kier molecular flexibility index (Phi) is 3.50. The maximum Gasteiger partial charge on any atom is 0.330 e. The molecular weight excluding hydrogens is 336 g/mol. The summed E-state index contributed by atoms with van der Waals surface area (Å²) < 4.78 is 14.1. The van der Waals surface area contributed by atoms with Gasteiger partial charge in [-0.05, 0) is 24.3 Å². The molecule has 0 unspecified atom stereocenters. The van der Waals surface area contributed by atoms with E-state index in [-0.39, 0.29) is 18.1 Å².